The molecule has 3 fully saturated rings. The van der Waals surface area contributed by atoms with Gasteiger partial charge in [0.25, 0.3) is 5.78 Å². The van der Waals surface area contributed by atoms with E-state index in [2.05, 4.69) is 146 Å². The normalized spacial score (nSPS) is 14.0. The number of imidazole rings is 3. The first-order valence-electron chi connectivity index (χ1n) is 28.9. The van der Waals surface area contributed by atoms with Gasteiger partial charge in [-0.3, -0.25) is 18.5 Å². The molecule has 0 saturated carbocycles. The molecule has 0 spiro atoms. The molecule has 3 amide bonds. The summed E-state index contributed by atoms with van der Waals surface area (Å²) in [5.41, 5.74) is 9.40. The number of nitrogens with one attached hydrogen (secondary N) is 3. The third-order valence-corrected chi connectivity index (χ3v) is 13.8. The highest BCUT2D eigenvalue weighted by Crippen LogP contribution is 2.23. The highest BCUT2D eigenvalue weighted by molar-refractivity contribution is 6.54. The molecule has 9 heterocycles. The van der Waals surface area contributed by atoms with Crippen LogP contribution in [-0.4, -0.2) is 182 Å². The first-order valence-corrected chi connectivity index (χ1v) is 30.1. The van der Waals surface area contributed by atoms with E-state index in [0.29, 0.717) is 35.9 Å². The number of anilines is 4. The number of benzene rings is 2. The molecule has 3 aliphatic rings. The molecule has 11 rings (SSSR count). The molecule has 2 aromatic carbocycles. The number of ketones is 1. The zero-order chi connectivity index (χ0) is 65.2. The number of alkyl halides is 5. The fraction of sp³-hybridized carbons (Fsp3) is 0.400. The van der Waals surface area contributed by atoms with Crippen molar-refractivity contribution in [2.45, 2.75) is 76.9 Å². The lowest BCUT2D eigenvalue weighted by molar-refractivity contribution is -0.169. The predicted molar refractivity (Wildman–Crippen MR) is 343 cm³/mol. The van der Waals surface area contributed by atoms with Crippen molar-refractivity contribution in [2.75, 3.05) is 99.4 Å². The molecular weight excluding hydrogens is 1230 g/mol. The standard InChI is InChI=1S/C21H25N7O.C11H14N6.C9H18N2O2.C9H13N.C7H5ClN4.C3HCl2F3O/c1-16(2)17-3-5-18(6-4-17)23-21(29)27-13-11-26(12-14-27)19-7-8-20(25-24-19)28-10-9-22-15-28;1-2-11(17-8-5-13-9-17)15-14-10(1)16-6-3-12-4-7-16;1-9(2,3)13-8(12)11-6-4-10-5-7-11;1-7(2)8-3-5-9(10)6-4-8;8-6-1-2-7(11-10-6)12-4-3-9-5-12;4-2(5)1(9)3(6,7)8/h3-10,15-16H,11-14H2,1-2H3,(H,23,29);1-2,5,8-9,12H,3-4,6-7H2;10H,4-7H2,1-3H3;3-7H,10H2,1-2H3;1-5H;2H. The van der Waals surface area contributed by atoms with Crippen LogP contribution in [0.4, 0.5) is 45.8 Å². The highest BCUT2D eigenvalue weighted by atomic mass is 35.5. The van der Waals surface area contributed by atoms with E-state index in [-0.39, 0.29) is 17.7 Å². The molecule has 0 atom stereocenters. The zero-order valence-electron chi connectivity index (χ0n) is 51.1. The van der Waals surface area contributed by atoms with Crippen LogP contribution in [-0.2, 0) is 9.53 Å². The Kier molecular flexibility index (Phi) is 27.5. The molecule has 5 N–H and O–H groups in total. The Labute approximate surface area is 536 Å². The van der Waals surface area contributed by atoms with Crippen molar-refractivity contribution in [3.05, 3.63) is 157 Å². The van der Waals surface area contributed by atoms with Crippen molar-refractivity contribution in [3.8, 4) is 17.5 Å². The molecule has 6 aromatic heterocycles. The lowest BCUT2D eigenvalue weighted by Crippen LogP contribution is -2.50. The number of rotatable bonds is 9. The number of hydrogen-bond donors (Lipinski definition) is 4. The Morgan fingerprint density at radius 3 is 1.30 bits per heavy atom. The van der Waals surface area contributed by atoms with Gasteiger partial charge in [0, 0.05) is 127 Å². The molecule has 0 aliphatic carbocycles. The molecule has 0 bridgehead atoms. The first-order chi connectivity index (χ1) is 42.9. The van der Waals surface area contributed by atoms with Crippen LogP contribution in [0, 0.1) is 0 Å². The summed E-state index contributed by atoms with van der Waals surface area (Å²) in [5.74, 6) is 2.93. The van der Waals surface area contributed by atoms with E-state index in [1.54, 1.807) is 65.4 Å². The van der Waals surface area contributed by atoms with Crippen LogP contribution in [0.2, 0.25) is 5.15 Å². The number of carbonyl (C=O) groups is 3. The van der Waals surface area contributed by atoms with Crippen LogP contribution in [0.5, 0.6) is 0 Å². The smallest absolute Gasteiger partial charge is 0.444 e. The molecule has 0 unspecified atom stereocenters. The SMILES string of the molecule is CC(C)(C)OC(=O)N1CCNCC1.CC(C)c1ccc(N)cc1.CC(C)c1ccc(NC(=O)N2CCN(c3ccc(-n4ccnc4)nn3)CC2)cc1.Clc1ccc(-n2ccnc2)nn1.O=C(C(Cl)Cl)C(F)(F)F.c1cn(-c2ccc(N3CCNCC3)nn2)cn1. The fourth-order valence-corrected chi connectivity index (χ4v) is 8.59. The van der Waals surface area contributed by atoms with Gasteiger partial charge in [-0.1, -0.05) is 86.8 Å². The number of urea groups is 1. The topological polar surface area (TPSA) is 266 Å². The largest absolute Gasteiger partial charge is 0.452 e. The van der Waals surface area contributed by atoms with Crippen molar-refractivity contribution in [1.82, 2.24) is 79.7 Å². The second-order valence-electron chi connectivity index (χ2n) is 21.7. The van der Waals surface area contributed by atoms with Gasteiger partial charge in [0.15, 0.2) is 39.1 Å². The predicted octanol–water partition coefficient (Wildman–Crippen LogP) is 9.67. The van der Waals surface area contributed by atoms with E-state index in [1.165, 1.54) is 11.1 Å². The van der Waals surface area contributed by atoms with Gasteiger partial charge in [-0.2, -0.15) is 13.2 Å². The van der Waals surface area contributed by atoms with E-state index in [1.807, 2.05) is 95.7 Å². The number of halogens is 6. The van der Waals surface area contributed by atoms with E-state index in [9.17, 15) is 27.6 Å². The van der Waals surface area contributed by atoms with Crippen LogP contribution in [0.3, 0.4) is 0 Å². The Bertz CT molecular complexity index is 3320. The van der Waals surface area contributed by atoms with Gasteiger partial charge in [-0.25, -0.2) is 24.5 Å². The van der Waals surface area contributed by atoms with Crippen LogP contribution in [0.1, 0.15) is 71.4 Å². The lowest BCUT2D eigenvalue weighted by Gasteiger charge is -2.35. The molecule has 8 aromatic rings. The Hall–Kier alpha value is -8.50. The zero-order valence-corrected chi connectivity index (χ0v) is 53.4. The number of nitrogen functional groups attached to an aromatic ring is 1. The number of hydrogen-bond acceptors (Lipinski definition) is 18. The Morgan fingerprint density at radius 2 is 0.944 bits per heavy atom. The maximum atomic E-state index is 12.6. The number of Topliss-reactive ketones (excluding diaryl/α,β-unsaturated/α-hetero) is 1. The number of aromatic nitrogens is 12. The minimum Gasteiger partial charge on any atom is -0.444 e. The molecular formula is C60H76Cl3F3N20O4. The summed E-state index contributed by atoms with van der Waals surface area (Å²) >= 11 is 14.8. The van der Waals surface area contributed by atoms with Gasteiger partial charge in [0.05, 0.1) is 0 Å². The summed E-state index contributed by atoms with van der Waals surface area (Å²) in [5, 5.41) is 34.5. The summed E-state index contributed by atoms with van der Waals surface area (Å²) in [6, 6.07) is 27.3. The third kappa shape index (κ3) is 23.8. The van der Waals surface area contributed by atoms with Crippen molar-refractivity contribution < 1.29 is 32.3 Å². The summed E-state index contributed by atoms with van der Waals surface area (Å²) in [7, 11) is 0. The molecule has 30 heteroatoms. The number of carbonyl (C=O) groups excluding carboxylic acids is 3. The number of ether oxygens (including phenoxy) is 1. The van der Waals surface area contributed by atoms with Crippen LogP contribution in [0.25, 0.3) is 17.5 Å². The van der Waals surface area contributed by atoms with Crippen LogP contribution < -0.4 is 31.5 Å². The van der Waals surface area contributed by atoms with Crippen LogP contribution >= 0.6 is 34.8 Å². The van der Waals surface area contributed by atoms with Crippen molar-refractivity contribution in [2.24, 2.45) is 0 Å². The van der Waals surface area contributed by atoms with Gasteiger partial charge in [-0.15, -0.1) is 30.6 Å². The molecule has 482 valence electrons. The highest BCUT2D eigenvalue weighted by Gasteiger charge is 2.42. The van der Waals surface area contributed by atoms with Gasteiger partial charge in [0.2, 0.25) is 0 Å². The minimum absolute atomic E-state index is 0.0662. The third-order valence-electron chi connectivity index (χ3n) is 13.2. The lowest BCUT2D eigenvalue weighted by atomic mass is 10.0. The number of nitrogens with two attached hydrogens (primary N) is 1. The van der Waals surface area contributed by atoms with E-state index >= 15 is 0 Å². The maximum Gasteiger partial charge on any atom is 0.452 e. The van der Waals surface area contributed by atoms with E-state index in [4.69, 9.17) is 22.1 Å². The second-order valence-corrected chi connectivity index (χ2v) is 23.2. The van der Waals surface area contributed by atoms with Gasteiger partial charge in [-0.05, 0) is 104 Å². The molecule has 0 radical (unpaired) electrons. The maximum absolute atomic E-state index is 12.6. The molecule has 3 aliphatic heterocycles. The Morgan fingerprint density at radius 1 is 0.544 bits per heavy atom. The Balaban J connectivity index is 0.000000182. The number of nitrogens with zero attached hydrogens (tertiary/aromatic N) is 16. The van der Waals surface area contributed by atoms with Crippen molar-refractivity contribution >= 4 is 75.7 Å². The fourth-order valence-electron chi connectivity index (χ4n) is 8.24. The average molecular weight is 1300 g/mol. The average Bonchev–Trinajstić information content (AvgIpc) is 2.50. The summed E-state index contributed by atoms with van der Waals surface area (Å²) in [6.45, 7) is 24.2. The van der Waals surface area contributed by atoms with Gasteiger partial charge < -0.3 is 46.0 Å². The van der Waals surface area contributed by atoms with E-state index < -0.39 is 16.8 Å². The first kappa shape index (κ1) is 70.6. The quantitative estimate of drug-likeness (QED) is 0.0773. The van der Waals surface area contributed by atoms with Gasteiger partial charge in [0.1, 0.15) is 24.6 Å². The number of amides is 3. The molecule has 90 heavy (non-hydrogen) atoms. The van der Waals surface area contributed by atoms with Gasteiger partial charge >= 0.3 is 18.3 Å². The summed E-state index contributed by atoms with van der Waals surface area (Å²) < 4.78 is 44.2. The number of piperazine rings is 3. The molecule has 3 saturated heterocycles. The van der Waals surface area contributed by atoms with Crippen molar-refractivity contribution in [1.29, 1.82) is 0 Å². The monoisotopic (exact) mass is 1300 g/mol. The second kappa shape index (κ2) is 35.0. The van der Waals surface area contributed by atoms with E-state index in [0.717, 1.165) is 100 Å². The van der Waals surface area contributed by atoms with Crippen molar-refractivity contribution in [3.63, 3.8) is 0 Å². The summed E-state index contributed by atoms with van der Waals surface area (Å²) in [6.07, 6.45) is 10.5. The van der Waals surface area contributed by atoms with Crippen LogP contribution in [0.15, 0.2) is 141 Å². The minimum atomic E-state index is -4.92. The molecule has 24 nitrogen and oxygen atoms in total. The summed E-state index contributed by atoms with van der Waals surface area (Å²) in [4.78, 5) is 51.7.